The van der Waals surface area contributed by atoms with Crippen molar-refractivity contribution in [3.8, 4) is 0 Å². The Balaban J connectivity index is 1.98. The molecule has 3 aromatic rings. The van der Waals surface area contributed by atoms with Crippen molar-refractivity contribution in [1.82, 2.24) is 5.32 Å². The summed E-state index contributed by atoms with van der Waals surface area (Å²) in [5.74, 6) is -0.766. The zero-order valence-electron chi connectivity index (χ0n) is 14.6. The summed E-state index contributed by atoms with van der Waals surface area (Å²) >= 11 is 0. The second-order valence-electron chi connectivity index (χ2n) is 6.27. The van der Waals surface area contributed by atoms with E-state index in [-0.39, 0.29) is 0 Å². The van der Waals surface area contributed by atoms with Gasteiger partial charge in [0.1, 0.15) is 0 Å². The van der Waals surface area contributed by atoms with Crippen LogP contribution in [0.4, 0.5) is 13.2 Å². The Hall–Kier alpha value is -3.08. The van der Waals surface area contributed by atoms with E-state index < -0.39 is 29.3 Å². The molecule has 1 unspecified atom stereocenters. The fourth-order valence-electron chi connectivity index (χ4n) is 2.90. The predicted molar refractivity (Wildman–Crippen MR) is 98.4 cm³/mol. The maximum atomic E-state index is 13.3. The molecule has 0 bridgehead atoms. The molecular formula is C22H18F3NO. The molecule has 3 rings (SSSR count). The van der Waals surface area contributed by atoms with Crippen molar-refractivity contribution in [2.24, 2.45) is 0 Å². The van der Waals surface area contributed by atoms with Gasteiger partial charge in [-0.15, -0.1) is 0 Å². The van der Waals surface area contributed by atoms with Crippen LogP contribution in [0.5, 0.6) is 0 Å². The molecule has 0 aliphatic heterocycles. The molecule has 27 heavy (non-hydrogen) atoms. The normalized spacial score (nSPS) is 12.4. The number of carbonyl (C=O) groups is 1. The van der Waals surface area contributed by atoms with E-state index in [0.717, 1.165) is 22.8 Å². The van der Waals surface area contributed by atoms with Crippen molar-refractivity contribution in [3.05, 3.63) is 107 Å². The Morgan fingerprint density at radius 3 is 2.00 bits per heavy atom. The number of rotatable bonds is 4. The lowest BCUT2D eigenvalue weighted by Gasteiger charge is -2.21. The minimum atomic E-state index is -4.60. The molecule has 138 valence electrons. The van der Waals surface area contributed by atoms with Crippen molar-refractivity contribution >= 4 is 5.91 Å². The Morgan fingerprint density at radius 1 is 0.815 bits per heavy atom. The lowest BCUT2D eigenvalue weighted by molar-refractivity contribution is -0.137. The maximum Gasteiger partial charge on any atom is 0.417 e. The van der Waals surface area contributed by atoms with Crippen LogP contribution in [0.15, 0.2) is 78.9 Å². The van der Waals surface area contributed by atoms with Gasteiger partial charge in [-0.1, -0.05) is 72.3 Å². The van der Waals surface area contributed by atoms with E-state index in [9.17, 15) is 18.0 Å². The minimum Gasteiger partial charge on any atom is -0.341 e. The molecule has 0 heterocycles. The lowest BCUT2D eigenvalue weighted by Crippen LogP contribution is -2.31. The molecule has 3 aromatic carbocycles. The fourth-order valence-corrected chi connectivity index (χ4v) is 2.90. The molecular weight excluding hydrogens is 351 g/mol. The molecule has 0 aliphatic rings. The molecule has 5 heteroatoms. The topological polar surface area (TPSA) is 29.1 Å². The van der Waals surface area contributed by atoms with E-state index in [1.165, 1.54) is 18.2 Å². The highest BCUT2D eigenvalue weighted by molar-refractivity contribution is 5.96. The summed E-state index contributed by atoms with van der Waals surface area (Å²) in [6.45, 7) is 1.94. The summed E-state index contributed by atoms with van der Waals surface area (Å²) < 4.78 is 39.8. The summed E-state index contributed by atoms with van der Waals surface area (Å²) in [6.07, 6.45) is -4.60. The highest BCUT2D eigenvalue weighted by Crippen LogP contribution is 2.32. The number of benzene rings is 3. The van der Waals surface area contributed by atoms with Gasteiger partial charge in [0.05, 0.1) is 17.2 Å². The summed E-state index contributed by atoms with van der Waals surface area (Å²) in [4.78, 5) is 12.7. The average Bonchev–Trinajstić information content (AvgIpc) is 2.67. The van der Waals surface area contributed by atoms with Crippen molar-refractivity contribution in [2.75, 3.05) is 0 Å². The first kappa shape index (κ1) is 18.7. The number of amides is 1. The summed E-state index contributed by atoms with van der Waals surface area (Å²) in [5.41, 5.74) is 1.30. The van der Waals surface area contributed by atoms with Crippen molar-refractivity contribution in [3.63, 3.8) is 0 Å². The van der Waals surface area contributed by atoms with Gasteiger partial charge in [-0.3, -0.25) is 4.79 Å². The van der Waals surface area contributed by atoms with Crippen LogP contribution in [-0.2, 0) is 6.18 Å². The summed E-state index contributed by atoms with van der Waals surface area (Å²) in [7, 11) is 0. The number of halogens is 3. The standard InChI is InChI=1S/C22H18F3NO/c1-15-11-13-17(14-12-15)20(16-7-3-2-4-8-16)26-21(27)18-9-5-6-10-19(18)22(23,24)25/h2-14,20H,1H3,(H,26,27). The number of aryl methyl sites for hydroxylation is 1. The molecule has 1 amide bonds. The number of alkyl halides is 3. The van der Waals surface area contributed by atoms with Crippen LogP contribution in [0, 0.1) is 6.92 Å². The van der Waals surface area contributed by atoms with Crippen LogP contribution in [0.3, 0.4) is 0 Å². The van der Waals surface area contributed by atoms with Gasteiger partial charge in [0.15, 0.2) is 0 Å². The first-order valence-corrected chi connectivity index (χ1v) is 8.45. The number of carbonyl (C=O) groups excluding carboxylic acids is 1. The predicted octanol–water partition coefficient (Wildman–Crippen LogP) is 5.53. The first-order chi connectivity index (χ1) is 12.9. The highest BCUT2D eigenvalue weighted by Gasteiger charge is 2.35. The van der Waals surface area contributed by atoms with Crippen LogP contribution in [0.1, 0.15) is 38.7 Å². The molecule has 0 aromatic heterocycles. The van der Waals surface area contributed by atoms with Gasteiger partial charge in [-0.2, -0.15) is 13.2 Å². The molecule has 0 fully saturated rings. The number of nitrogens with one attached hydrogen (secondary N) is 1. The van der Waals surface area contributed by atoms with E-state index in [2.05, 4.69) is 5.32 Å². The largest absolute Gasteiger partial charge is 0.417 e. The average molecular weight is 369 g/mol. The van der Waals surface area contributed by atoms with Gasteiger partial charge in [-0.05, 0) is 30.2 Å². The molecule has 1 N–H and O–H groups in total. The van der Waals surface area contributed by atoms with E-state index in [0.29, 0.717) is 0 Å². The molecule has 0 aliphatic carbocycles. The van der Waals surface area contributed by atoms with Gasteiger partial charge in [0, 0.05) is 0 Å². The van der Waals surface area contributed by atoms with Crippen molar-refractivity contribution in [1.29, 1.82) is 0 Å². The van der Waals surface area contributed by atoms with E-state index in [1.54, 1.807) is 0 Å². The summed E-state index contributed by atoms with van der Waals surface area (Å²) in [5, 5.41) is 2.76. The van der Waals surface area contributed by atoms with Gasteiger partial charge in [-0.25, -0.2) is 0 Å². The van der Waals surface area contributed by atoms with E-state index >= 15 is 0 Å². The highest BCUT2D eigenvalue weighted by atomic mass is 19.4. The molecule has 0 radical (unpaired) electrons. The molecule has 0 saturated heterocycles. The van der Waals surface area contributed by atoms with Crippen LogP contribution < -0.4 is 5.32 Å². The Labute approximate surface area is 155 Å². The Kier molecular flexibility index (Phi) is 5.31. The minimum absolute atomic E-state index is 0.391. The third-order valence-corrected chi connectivity index (χ3v) is 4.30. The maximum absolute atomic E-state index is 13.3. The van der Waals surface area contributed by atoms with Crippen molar-refractivity contribution < 1.29 is 18.0 Å². The lowest BCUT2D eigenvalue weighted by atomic mass is 9.97. The second-order valence-corrected chi connectivity index (χ2v) is 6.27. The quantitative estimate of drug-likeness (QED) is 0.643. The monoisotopic (exact) mass is 369 g/mol. The number of hydrogen-bond donors (Lipinski definition) is 1. The van der Waals surface area contributed by atoms with Gasteiger partial charge < -0.3 is 5.32 Å². The zero-order valence-corrected chi connectivity index (χ0v) is 14.6. The third-order valence-electron chi connectivity index (χ3n) is 4.30. The van der Waals surface area contributed by atoms with E-state index in [1.807, 2.05) is 61.5 Å². The van der Waals surface area contributed by atoms with Crippen LogP contribution >= 0.6 is 0 Å². The van der Waals surface area contributed by atoms with E-state index in [4.69, 9.17) is 0 Å². The third kappa shape index (κ3) is 4.37. The zero-order chi connectivity index (χ0) is 19.4. The van der Waals surface area contributed by atoms with Crippen LogP contribution in [-0.4, -0.2) is 5.91 Å². The number of hydrogen-bond acceptors (Lipinski definition) is 1. The van der Waals surface area contributed by atoms with Gasteiger partial charge in [0.2, 0.25) is 0 Å². The van der Waals surface area contributed by atoms with Gasteiger partial charge in [0.25, 0.3) is 5.91 Å². The van der Waals surface area contributed by atoms with Crippen LogP contribution in [0.2, 0.25) is 0 Å². The molecule has 0 spiro atoms. The molecule has 2 nitrogen and oxygen atoms in total. The molecule has 0 saturated carbocycles. The second kappa shape index (κ2) is 7.66. The van der Waals surface area contributed by atoms with Crippen LogP contribution in [0.25, 0.3) is 0 Å². The van der Waals surface area contributed by atoms with Crippen molar-refractivity contribution in [2.45, 2.75) is 19.1 Å². The summed E-state index contributed by atoms with van der Waals surface area (Å²) in [6, 6.07) is 20.9. The smallest absolute Gasteiger partial charge is 0.341 e. The SMILES string of the molecule is Cc1ccc(C(NC(=O)c2ccccc2C(F)(F)F)c2ccccc2)cc1. The first-order valence-electron chi connectivity index (χ1n) is 8.45. The fraction of sp³-hybridized carbons (Fsp3) is 0.136. The molecule has 1 atom stereocenters. The van der Waals surface area contributed by atoms with Gasteiger partial charge >= 0.3 is 6.18 Å². The Morgan fingerprint density at radius 2 is 1.37 bits per heavy atom. The Bertz CT molecular complexity index is 918.